The summed E-state index contributed by atoms with van der Waals surface area (Å²) in [6, 6.07) is 0. The van der Waals surface area contributed by atoms with Gasteiger partial charge in [0.15, 0.2) is 5.82 Å². The first-order chi connectivity index (χ1) is 8.80. The number of aromatic nitrogens is 3. The van der Waals surface area contributed by atoms with Gasteiger partial charge in [0.05, 0.1) is 14.7 Å². The standard InChI is InChI=1S/C10H5F3IN3O2/c11-10(12,13)6-3-17(2-5(6)9(18)19)8-7(14)1-15-4-16-8/h1-4H,(H,18,19). The molecular weight excluding hydrogens is 378 g/mol. The van der Waals surface area contributed by atoms with E-state index in [1.165, 1.54) is 12.5 Å². The predicted octanol–water partition coefficient (Wildman–Crippen LogP) is 2.59. The van der Waals surface area contributed by atoms with Gasteiger partial charge in [-0.05, 0) is 22.6 Å². The highest BCUT2D eigenvalue weighted by Crippen LogP contribution is 2.33. The van der Waals surface area contributed by atoms with E-state index >= 15 is 0 Å². The first-order valence-electron chi connectivity index (χ1n) is 4.79. The minimum absolute atomic E-state index is 0.189. The monoisotopic (exact) mass is 383 g/mol. The predicted molar refractivity (Wildman–Crippen MR) is 66.0 cm³/mol. The number of carboxylic acid groups (broad SMARTS) is 1. The second-order valence-corrected chi connectivity index (χ2v) is 4.65. The lowest BCUT2D eigenvalue weighted by molar-refractivity contribution is -0.138. The Morgan fingerprint density at radius 2 is 2.05 bits per heavy atom. The Kier molecular flexibility index (Phi) is 3.47. The van der Waals surface area contributed by atoms with E-state index in [-0.39, 0.29) is 5.82 Å². The van der Waals surface area contributed by atoms with Crippen molar-refractivity contribution in [2.24, 2.45) is 0 Å². The summed E-state index contributed by atoms with van der Waals surface area (Å²) in [6.07, 6.45) is -0.567. The van der Waals surface area contributed by atoms with Gasteiger partial charge in [-0.3, -0.25) is 0 Å². The quantitative estimate of drug-likeness (QED) is 0.810. The van der Waals surface area contributed by atoms with Crippen molar-refractivity contribution in [3.63, 3.8) is 0 Å². The number of carbonyl (C=O) groups is 1. The molecule has 2 aromatic heterocycles. The number of carboxylic acids is 1. The van der Waals surface area contributed by atoms with Crippen LogP contribution >= 0.6 is 22.6 Å². The molecular formula is C10H5F3IN3O2. The fourth-order valence-electron chi connectivity index (χ4n) is 1.47. The van der Waals surface area contributed by atoms with E-state index in [1.54, 1.807) is 0 Å². The molecule has 0 aliphatic carbocycles. The van der Waals surface area contributed by atoms with Crippen LogP contribution in [0.3, 0.4) is 0 Å². The Balaban J connectivity index is 2.62. The van der Waals surface area contributed by atoms with Crippen LogP contribution in [0.2, 0.25) is 0 Å². The second kappa shape index (κ2) is 4.79. The summed E-state index contributed by atoms with van der Waals surface area (Å²) >= 11 is 1.85. The molecule has 0 saturated heterocycles. The van der Waals surface area contributed by atoms with Crippen molar-refractivity contribution in [1.82, 2.24) is 14.5 Å². The van der Waals surface area contributed by atoms with Gasteiger partial charge in [0, 0.05) is 18.6 Å². The molecule has 0 aliphatic rings. The molecule has 0 radical (unpaired) electrons. The normalized spacial score (nSPS) is 11.6. The zero-order valence-corrected chi connectivity index (χ0v) is 11.2. The Morgan fingerprint density at radius 1 is 1.37 bits per heavy atom. The van der Waals surface area contributed by atoms with Crippen LogP contribution in [-0.2, 0) is 6.18 Å². The van der Waals surface area contributed by atoms with Crippen molar-refractivity contribution in [3.05, 3.63) is 39.6 Å². The lowest BCUT2D eigenvalue weighted by Gasteiger charge is -2.04. The van der Waals surface area contributed by atoms with Gasteiger partial charge < -0.3 is 9.67 Å². The Labute approximate surface area is 118 Å². The molecule has 0 saturated carbocycles. The number of alkyl halides is 3. The van der Waals surface area contributed by atoms with Gasteiger partial charge >= 0.3 is 12.1 Å². The van der Waals surface area contributed by atoms with E-state index in [2.05, 4.69) is 9.97 Å². The summed E-state index contributed by atoms with van der Waals surface area (Å²) in [6.45, 7) is 0. The molecule has 2 rings (SSSR count). The third-order valence-corrected chi connectivity index (χ3v) is 3.02. The van der Waals surface area contributed by atoms with Crippen molar-refractivity contribution in [3.8, 4) is 5.82 Å². The van der Waals surface area contributed by atoms with E-state index in [0.29, 0.717) is 9.77 Å². The van der Waals surface area contributed by atoms with Crippen LogP contribution in [0.5, 0.6) is 0 Å². The third-order valence-electron chi connectivity index (χ3n) is 2.26. The third kappa shape index (κ3) is 2.69. The van der Waals surface area contributed by atoms with Crippen molar-refractivity contribution in [1.29, 1.82) is 0 Å². The van der Waals surface area contributed by atoms with Gasteiger partial charge in [-0.2, -0.15) is 13.2 Å². The number of rotatable bonds is 2. The summed E-state index contributed by atoms with van der Waals surface area (Å²) in [5.74, 6) is -1.45. The maximum absolute atomic E-state index is 12.7. The lowest BCUT2D eigenvalue weighted by atomic mass is 10.2. The van der Waals surface area contributed by atoms with Crippen molar-refractivity contribution in [2.75, 3.05) is 0 Å². The molecule has 0 aliphatic heterocycles. The summed E-state index contributed by atoms with van der Waals surface area (Å²) in [7, 11) is 0. The molecule has 0 spiro atoms. The van der Waals surface area contributed by atoms with Crippen LogP contribution in [0.25, 0.3) is 5.82 Å². The SMILES string of the molecule is O=C(O)c1cn(-c2ncncc2I)cc1C(F)(F)F. The molecule has 2 heterocycles. The van der Waals surface area contributed by atoms with Gasteiger partial charge in [0.25, 0.3) is 0 Å². The maximum Gasteiger partial charge on any atom is 0.418 e. The summed E-state index contributed by atoms with van der Waals surface area (Å²) in [5, 5.41) is 8.81. The van der Waals surface area contributed by atoms with E-state index in [9.17, 15) is 18.0 Å². The van der Waals surface area contributed by atoms with Crippen LogP contribution in [0.4, 0.5) is 13.2 Å². The molecule has 0 unspecified atom stereocenters. The fraction of sp³-hybridized carbons (Fsp3) is 0.100. The van der Waals surface area contributed by atoms with Gasteiger partial charge in [-0.15, -0.1) is 0 Å². The highest BCUT2D eigenvalue weighted by Gasteiger charge is 2.37. The number of nitrogens with zero attached hydrogens (tertiary/aromatic N) is 3. The molecule has 2 aromatic rings. The molecule has 0 amide bonds. The van der Waals surface area contributed by atoms with E-state index in [1.807, 2.05) is 22.6 Å². The number of aromatic carboxylic acids is 1. The lowest BCUT2D eigenvalue weighted by Crippen LogP contribution is -2.09. The minimum atomic E-state index is -4.74. The van der Waals surface area contributed by atoms with Crippen LogP contribution in [0, 0.1) is 3.57 Å². The zero-order valence-electron chi connectivity index (χ0n) is 9.02. The topological polar surface area (TPSA) is 68.0 Å². The highest BCUT2D eigenvalue weighted by atomic mass is 127. The summed E-state index contributed by atoms with van der Waals surface area (Å²) in [4.78, 5) is 18.4. The average molecular weight is 383 g/mol. The smallest absolute Gasteiger partial charge is 0.418 e. The fourth-order valence-corrected chi connectivity index (χ4v) is 2.05. The Hall–Kier alpha value is -1.65. The van der Waals surface area contributed by atoms with Crippen LogP contribution in [-0.4, -0.2) is 25.6 Å². The molecule has 0 aromatic carbocycles. The van der Waals surface area contributed by atoms with E-state index in [4.69, 9.17) is 5.11 Å². The Morgan fingerprint density at radius 3 is 2.53 bits per heavy atom. The molecule has 9 heteroatoms. The number of hydrogen-bond donors (Lipinski definition) is 1. The van der Waals surface area contributed by atoms with Gasteiger partial charge in [0.1, 0.15) is 6.33 Å². The van der Waals surface area contributed by atoms with Gasteiger partial charge in [0.2, 0.25) is 0 Å². The molecule has 100 valence electrons. The molecule has 0 fully saturated rings. The van der Waals surface area contributed by atoms with Crippen LogP contribution in [0.15, 0.2) is 24.9 Å². The van der Waals surface area contributed by atoms with Crippen molar-refractivity contribution >= 4 is 28.6 Å². The molecule has 0 atom stereocenters. The van der Waals surface area contributed by atoms with Crippen LogP contribution in [0.1, 0.15) is 15.9 Å². The summed E-state index contributed by atoms with van der Waals surface area (Å²) in [5.41, 5.74) is -2.03. The van der Waals surface area contributed by atoms with Crippen LogP contribution < -0.4 is 0 Å². The van der Waals surface area contributed by atoms with E-state index in [0.717, 1.165) is 10.8 Å². The molecule has 1 N–H and O–H groups in total. The van der Waals surface area contributed by atoms with Crippen molar-refractivity contribution < 1.29 is 23.1 Å². The average Bonchev–Trinajstić information content (AvgIpc) is 2.74. The van der Waals surface area contributed by atoms with Gasteiger partial charge in [-0.25, -0.2) is 14.8 Å². The largest absolute Gasteiger partial charge is 0.478 e. The second-order valence-electron chi connectivity index (χ2n) is 3.49. The Bertz CT molecular complexity index is 639. The zero-order chi connectivity index (χ0) is 14.2. The first-order valence-corrected chi connectivity index (χ1v) is 5.87. The molecule has 0 bridgehead atoms. The maximum atomic E-state index is 12.7. The molecule has 5 nitrogen and oxygen atoms in total. The van der Waals surface area contributed by atoms with Gasteiger partial charge in [-0.1, -0.05) is 0 Å². The summed E-state index contributed by atoms with van der Waals surface area (Å²) < 4.78 is 39.7. The first kappa shape index (κ1) is 13.8. The molecule has 19 heavy (non-hydrogen) atoms. The number of hydrogen-bond acceptors (Lipinski definition) is 3. The number of halogens is 4. The van der Waals surface area contributed by atoms with Crippen molar-refractivity contribution in [2.45, 2.75) is 6.18 Å². The minimum Gasteiger partial charge on any atom is -0.478 e. The van der Waals surface area contributed by atoms with E-state index < -0.39 is 23.3 Å². The highest BCUT2D eigenvalue weighted by molar-refractivity contribution is 14.1.